The van der Waals surface area contributed by atoms with E-state index in [4.69, 9.17) is 16.0 Å². The molecule has 3 nitrogen and oxygen atoms in total. The van der Waals surface area contributed by atoms with Gasteiger partial charge in [0.25, 0.3) is 0 Å². The van der Waals surface area contributed by atoms with E-state index in [0.29, 0.717) is 29.3 Å². The molecule has 0 atom stereocenters. The van der Waals surface area contributed by atoms with Crippen LogP contribution in [0.4, 0.5) is 0 Å². The van der Waals surface area contributed by atoms with E-state index in [9.17, 15) is 4.79 Å². The Morgan fingerprint density at radius 1 is 1.37 bits per heavy atom. The van der Waals surface area contributed by atoms with Crippen molar-refractivity contribution in [3.8, 4) is 0 Å². The summed E-state index contributed by atoms with van der Waals surface area (Å²) in [5.74, 6) is 0.364. The highest BCUT2D eigenvalue weighted by Gasteiger charge is 2.15. The van der Waals surface area contributed by atoms with Crippen molar-refractivity contribution in [1.82, 2.24) is 5.32 Å². The van der Waals surface area contributed by atoms with Crippen LogP contribution in [0.2, 0.25) is 5.02 Å². The zero-order chi connectivity index (χ0) is 14.0. The second kappa shape index (κ2) is 5.35. The Labute approximate surface area is 117 Å². The van der Waals surface area contributed by atoms with E-state index >= 15 is 0 Å². The van der Waals surface area contributed by atoms with Gasteiger partial charge in [0.2, 0.25) is 0 Å². The molecule has 0 aliphatic carbocycles. The number of carbonyl (C=O) groups excluding carboxylic acids is 1. The fraction of sp³-hybridized carbons (Fsp3) is 0.400. The number of ketones is 1. The molecular weight excluding hydrogens is 262 g/mol. The van der Waals surface area contributed by atoms with E-state index in [2.05, 4.69) is 26.1 Å². The lowest BCUT2D eigenvalue weighted by molar-refractivity contribution is 0.0956. The third-order valence-corrected chi connectivity index (χ3v) is 3.08. The van der Waals surface area contributed by atoms with Gasteiger partial charge in [-0.05, 0) is 32.9 Å². The number of carbonyl (C=O) groups is 1. The molecule has 0 saturated carbocycles. The maximum atomic E-state index is 12.0. The molecule has 19 heavy (non-hydrogen) atoms. The smallest absolute Gasteiger partial charge is 0.199 e. The minimum absolute atomic E-state index is 0.0102. The third kappa shape index (κ3) is 3.58. The number of hydrogen-bond donors (Lipinski definition) is 1. The molecule has 1 heterocycles. The number of para-hydroxylation sites is 1. The van der Waals surface area contributed by atoms with Crippen LogP contribution in [0.3, 0.4) is 0 Å². The summed E-state index contributed by atoms with van der Waals surface area (Å²) in [4.78, 5) is 12.0. The fourth-order valence-corrected chi connectivity index (χ4v) is 2.06. The Hall–Kier alpha value is -1.32. The molecule has 2 aromatic rings. The molecule has 1 aromatic heterocycles. The van der Waals surface area contributed by atoms with Gasteiger partial charge in [0.05, 0.1) is 5.02 Å². The molecule has 0 radical (unpaired) electrons. The average molecular weight is 280 g/mol. The van der Waals surface area contributed by atoms with Gasteiger partial charge in [0.1, 0.15) is 0 Å². The largest absolute Gasteiger partial charge is 0.451 e. The zero-order valence-corrected chi connectivity index (χ0v) is 12.2. The highest BCUT2D eigenvalue weighted by molar-refractivity contribution is 6.34. The van der Waals surface area contributed by atoms with E-state index in [1.54, 1.807) is 12.1 Å². The van der Waals surface area contributed by atoms with Crippen molar-refractivity contribution in [1.29, 1.82) is 0 Å². The Balaban J connectivity index is 2.08. The standard InChI is InChI=1S/C15H18ClNO2/c1-15(2,3)17-8-7-12(18)13-9-10-5-4-6-11(16)14(10)19-13/h4-6,9,17H,7-8H2,1-3H3. The third-order valence-electron chi connectivity index (χ3n) is 2.78. The predicted molar refractivity (Wildman–Crippen MR) is 77.9 cm³/mol. The van der Waals surface area contributed by atoms with Gasteiger partial charge in [0.15, 0.2) is 17.1 Å². The second-order valence-electron chi connectivity index (χ2n) is 5.62. The van der Waals surface area contributed by atoms with Gasteiger partial charge in [-0.2, -0.15) is 0 Å². The minimum atomic E-state index is -0.0102. The second-order valence-corrected chi connectivity index (χ2v) is 6.03. The molecule has 0 aliphatic heterocycles. The van der Waals surface area contributed by atoms with Crippen LogP contribution in [0.5, 0.6) is 0 Å². The van der Waals surface area contributed by atoms with E-state index in [1.165, 1.54) is 0 Å². The number of benzene rings is 1. The maximum absolute atomic E-state index is 12.0. The molecule has 0 bridgehead atoms. The van der Waals surface area contributed by atoms with Crippen molar-refractivity contribution in [3.63, 3.8) is 0 Å². The van der Waals surface area contributed by atoms with Gasteiger partial charge in [0, 0.05) is 23.9 Å². The summed E-state index contributed by atoms with van der Waals surface area (Å²) in [5, 5.41) is 4.67. The first kappa shape index (κ1) is 14.1. The predicted octanol–water partition coefficient (Wildman–Crippen LogP) is 4.05. The van der Waals surface area contributed by atoms with Crippen LogP contribution in [0.1, 0.15) is 37.7 Å². The monoisotopic (exact) mass is 279 g/mol. The number of hydrogen-bond acceptors (Lipinski definition) is 3. The SMILES string of the molecule is CC(C)(C)NCCC(=O)c1cc2cccc(Cl)c2o1. The highest BCUT2D eigenvalue weighted by atomic mass is 35.5. The first-order chi connectivity index (χ1) is 8.87. The normalized spacial score (nSPS) is 12.0. The van der Waals surface area contributed by atoms with Gasteiger partial charge in [-0.15, -0.1) is 0 Å². The summed E-state index contributed by atoms with van der Waals surface area (Å²) in [5.41, 5.74) is 0.591. The Morgan fingerprint density at radius 2 is 2.11 bits per heavy atom. The molecule has 0 unspecified atom stereocenters. The molecule has 0 amide bonds. The quantitative estimate of drug-likeness (QED) is 0.859. The first-order valence-corrected chi connectivity index (χ1v) is 6.71. The summed E-state index contributed by atoms with van der Waals surface area (Å²) in [6.07, 6.45) is 0.411. The molecule has 102 valence electrons. The van der Waals surface area contributed by atoms with Crippen molar-refractivity contribution in [2.24, 2.45) is 0 Å². The van der Waals surface area contributed by atoms with Crippen molar-refractivity contribution in [2.45, 2.75) is 32.7 Å². The number of halogens is 1. The van der Waals surface area contributed by atoms with E-state index in [0.717, 1.165) is 5.39 Å². The first-order valence-electron chi connectivity index (χ1n) is 6.33. The van der Waals surface area contributed by atoms with Crippen LogP contribution in [0.25, 0.3) is 11.0 Å². The maximum Gasteiger partial charge on any atom is 0.199 e. The summed E-state index contributed by atoms with van der Waals surface area (Å²) in [7, 11) is 0. The Kier molecular flexibility index (Phi) is 3.97. The topological polar surface area (TPSA) is 42.2 Å². The van der Waals surface area contributed by atoms with Gasteiger partial charge in [-0.1, -0.05) is 23.7 Å². The van der Waals surface area contributed by atoms with Gasteiger partial charge in [-0.3, -0.25) is 4.79 Å². The minimum Gasteiger partial charge on any atom is -0.451 e. The molecule has 0 spiro atoms. The summed E-state index contributed by atoms with van der Waals surface area (Å²) in [6, 6.07) is 7.23. The molecule has 1 N–H and O–H groups in total. The van der Waals surface area contributed by atoms with E-state index < -0.39 is 0 Å². The van der Waals surface area contributed by atoms with E-state index in [-0.39, 0.29) is 11.3 Å². The lowest BCUT2D eigenvalue weighted by Gasteiger charge is -2.19. The van der Waals surface area contributed by atoms with Gasteiger partial charge in [-0.25, -0.2) is 0 Å². The van der Waals surface area contributed by atoms with Crippen LogP contribution in [-0.2, 0) is 0 Å². The van der Waals surface area contributed by atoms with Crippen LogP contribution < -0.4 is 5.32 Å². The number of fused-ring (bicyclic) bond motifs is 1. The lowest BCUT2D eigenvalue weighted by Crippen LogP contribution is -2.37. The molecule has 4 heteroatoms. The van der Waals surface area contributed by atoms with Gasteiger partial charge >= 0.3 is 0 Å². The van der Waals surface area contributed by atoms with Crippen molar-refractivity contribution < 1.29 is 9.21 Å². The van der Waals surface area contributed by atoms with Crippen LogP contribution in [-0.4, -0.2) is 17.9 Å². The highest BCUT2D eigenvalue weighted by Crippen LogP contribution is 2.27. The van der Waals surface area contributed by atoms with Crippen molar-refractivity contribution in [3.05, 3.63) is 35.0 Å². The molecule has 1 aromatic carbocycles. The number of Topliss-reactive ketones (excluding diaryl/α,β-unsaturated/α-hetero) is 1. The molecule has 0 aliphatic rings. The lowest BCUT2D eigenvalue weighted by atomic mass is 10.1. The molecular formula is C15H18ClNO2. The number of nitrogens with one attached hydrogen (secondary N) is 1. The summed E-state index contributed by atoms with van der Waals surface area (Å²) < 4.78 is 5.53. The molecule has 2 rings (SSSR count). The van der Waals surface area contributed by atoms with Crippen LogP contribution in [0, 0.1) is 0 Å². The van der Waals surface area contributed by atoms with E-state index in [1.807, 2.05) is 12.1 Å². The number of rotatable bonds is 4. The fourth-order valence-electron chi connectivity index (χ4n) is 1.84. The summed E-state index contributed by atoms with van der Waals surface area (Å²) >= 11 is 6.02. The average Bonchev–Trinajstić information content (AvgIpc) is 2.72. The van der Waals surface area contributed by atoms with Crippen LogP contribution >= 0.6 is 11.6 Å². The number of furan rings is 1. The zero-order valence-electron chi connectivity index (χ0n) is 11.4. The molecule has 0 saturated heterocycles. The Bertz CT molecular complexity index is 596. The van der Waals surface area contributed by atoms with Crippen molar-refractivity contribution in [2.75, 3.05) is 6.54 Å². The van der Waals surface area contributed by atoms with Crippen molar-refractivity contribution >= 4 is 28.4 Å². The van der Waals surface area contributed by atoms with Gasteiger partial charge < -0.3 is 9.73 Å². The van der Waals surface area contributed by atoms with Crippen LogP contribution in [0.15, 0.2) is 28.7 Å². The summed E-state index contributed by atoms with van der Waals surface area (Å²) in [6.45, 7) is 6.84. The Morgan fingerprint density at radius 3 is 2.74 bits per heavy atom. The molecule has 0 fully saturated rings.